The predicted octanol–water partition coefficient (Wildman–Crippen LogP) is 5.14. The van der Waals surface area contributed by atoms with Gasteiger partial charge in [0.1, 0.15) is 24.1 Å². The van der Waals surface area contributed by atoms with Crippen molar-refractivity contribution in [3.05, 3.63) is 75.6 Å². The summed E-state index contributed by atoms with van der Waals surface area (Å²) >= 11 is 0. The molecule has 0 saturated carbocycles. The number of imide groups is 1. The highest BCUT2D eigenvalue weighted by Crippen LogP contribution is 2.46. The van der Waals surface area contributed by atoms with E-state index in [2.05, 4.69) is 68.3 Å². The number of carbonyl (C=O) groups excluding carboxylic acids is 3. The molecule has 6 aliphatic heterocycles. The van der Waals surface area contributed by atoms with Crippen LogP contribution < -0.4 is 24.6 Å². The summed E-state index contributed by atoms with van der Waals surface area (Å²) in [5.74, 6) is 1.14. The fourth-order valence-corrected chi connectivity index (χ4v) is 11.0. The molecule has 59 heavy (non-hydrogen) atoms. The number of aromatic amines is 1. The van der Waals surface area contributed by atoms with Gasteiger partial charge in [-0.1, -0.05) is 18.2 Å². The zero-order chi connectivity index (χ0) is 40.5. The largest absolute Gasteiger partial charge is 0.496 e. The average Bonchev–Trinajstić information content (AvgIpc) is 3.76. The summed E-state index contributed by atoms with van der Waals surface area (Å²) in [5, 5.41) is 2.38. The van der Waals surface area contributed by atoms with Crippen LogP contribution in [0.2, 0.25) is 0 Å². The standard InChI is InChI=1S/C45H53F2N7O5/c1-26-17-34-31-5-3-4-6-35(31)48-42(34)43(53(26)24-40(46)47)32-8-7-29(19-38(32)58-2)51-13-11-27(12-14-51)21-50-15-16-52-30(23-50)25-59-39-20-33-28(18-37(39)52)22-54(45(33)57)36-9-10-41(55)49-44(36)56/h3,5,7-8,18-20,26-27,30,36,40,43,48H,4,6,9-17,21-25H2,1-2H3,(H,49,55,56)/t26-,30-,36+,43-/m0/s1. The van der Waals surface area contributed by atoms with Gasteiger partial charge < -0.3 is 29.2 Å². The maximum atomic E-state index is 14.1. The monoisotopic (exact) mass is 809 g/mol. The maximum absolute atomic E-state index is 14.1. The number of hydrogen-bond donors (Lipinski definition) is 2. The number of piperidine rings is 2. The Kier molecular flexibility index (Phi) is 9.90. The van der Waals surface area contributed by atoms with E-state index in [1.165, 1.54) is 16.8 Å². The van der Waals surface area contributed by atoms with Crippen molar-refractivity contribution in [1.82, 2.24) is 25.0 Å². The number of rotatable bonds is 8. The van der Waals surface area contributed by atoms with Crippen molar-refractivity contribution in [2.45, 2.75) is 89.0 Å². The van der Waals surface area contributed by atoms with Gasteiger partial charge in [-0.15, -0.1) is 0 Å². The number of methoxy groups -OCH3 is 1. The molecule has 2 N–H and O–H groups in total. The molecule has 0 spiro atoms. The van der Waals surface area contributed by atoms with Gasteiger partial charge in [0.15, 0.2) is 0 Å². The van der Waals surface area contributed by atoms with Crippen LogP contribution in [0.3, 0.4) is 0 Å². The van der Waals surface area contributed by atoms with Gasteiger partial charge in [0, 0.05) is 92.5 Å². The lowest BCUT2D eigenvalue weighted by Gasteiger charge is -2.47. The second-order valence-corrected chi connectivity index (χ2v) is 17.5. The third-order valence-electron chi connectivity index (χ3n) is 14.0. The molecule has 7 aliphatic rings. The van der Waals surface area contributed by atoms with Crippen LogP contribution in [-0.4, -0.2) is 121 Å². The number of fused-ring (bicyclic) bond motifs is 7. The van der Waals surface area contributed by atoms with Gasteiger partial charge in [-0.3, -0.25) is 29.5 Å². The molecule has 14 heteroatoms. The van der Waals surface area contributed by atoms with Crippen LogP contribution in [0.25, 0.3) is 6.08 Å². The van der Waals surface area contributed by atoms with E-state index in [0.717, 1.165) is 105 Å². The Hall–Kier alpha value is -4.95. The number of aryl methyl sites for hydroxylation is 1. The molecular weight excluding hydrogens is 757 g/mol. The maximum Gasteiger partial charge on any atom is 0.255 e. The summed E-state index contributed by atoms with van der Waals surface area (Å²) < 4.78 is 40.5. The number of ether oxygens (including phenoxy) is 2. The molecule has 1 aliphatic carbocycles. The van der Waals surface area contributed by atoms with E-state index >= 15 is 0 Å². The SMILES string of the molecule is COc1cc(N2CCC(CN3CCN4c5cc6c(cc5OC[C@@H]4C3)C(=O)N([C@@H]3CCC(=O)NC3=O)C6)CC2)ccc1[C@H]1c2[nH]c3c(c2C[C@H](C)N1CC(F)F)C=CCC3. The van der Waals surface area contributed by atoms with Crippen LogP contribution in [0.4, 0.5) is 20.2 Å². The minimum absolute atomic E-state index is 0.0443. The molecule has 0 bridgehead atoms. The van der Waals surface area contributed by atoms with E-state index in [0.29, 0.717) is 36.8 Å². The number of amides is 3. The minimum atomic E-state index is -2.44. The lowest BCUT2D eigenvalue weighted by Crippen LogP contribution is -2.58. The van der Waals surface area contributed by atoms with Gasteiger partial charge in [-0.2, -0.15) is 0 Å². The van der Waals surface area contributed by atoms with Gasteiger partial charge in [0.2, 0.25) is 11.8 Å². The number of nitrogens with zero attached hydrogens (tertiary/aromatic N) is 5. The topological polar surface area (TPSA) is 114 Å². The van der Waals surface area contributed by atoms with Crippen LogP contribution in [0.15, 0.2) is 36.4 Å². The zero-order valence-electron chi connectivity index (χ0n) is 33.9. The Morgan fingerprint density at radius 3 is 2.64 bits per heavy atom. The van der Waals surface area contributed by atoms with Gasteiger partial charge in [-0.25, -0.2) is 8.78 Å². The summed E-state index contributed by atoms with van der Waals surface area (Å²) in [6.07, 6.45) is 7.34. The molecule has 312 valence electrons. The summed E-state index contributed by atoms with van der Waals surface area (Å²) in [7, 11) is 1.68. The highest BCUT2D eigenvalue weighted by atomic mass is 19.3. The van der Waals surface area contributed by atoms with Crippen molar-refractivity contribution in [2.24, 2.45) is 5.92 Å². The first-order valence-corrected chi connectivity index (χ1v) is 21.4. The summed E-state index contributed by atoms with van der Waals surface area (Å²) in [6, 6.07) is 9.45. The van der Waals surface area contributed by atoms with Crippen molar-refractivity contribution in [1.29, 1.82) is 0 Å². The van der Waals surface area contributed by atoms with Crippen LogP contribution in [-0.2, 0) is 29.0 Å². The number of aromatic nitrogens is 1. The lowest BCUT2D eigenvalue weighted by atomic mass is 9.86. The fraction of sp³-hybridized carbons (Fsp3) is 0.533. The van der Waals surface area contributed by atoms with E-state index in [1.54, 1.807) is 12.0 Å². The molecule has 4 atom stereocenters. The summed E-state index contributed by atoms with van der Waals surface area (Å²) in [5.41, 5.74) is 9.21. The third-order valence-corrected chi connectivity index (χ3v) is 14.0. The van der Waals surface area contributed by atoms with Gasteiger partial charge in [-0.05, 0) is 86.3 Å². The smallest absolute Gasteiger partial charge is 0.255 e. The molecule has 3 amide bonds. The molecule has 1 aromatic heterocycles. The molecule has 3 saturated heterocycles. The Bertz CT molecular complexity index is 2200. The predicted molar refractivity (Wildman–Crippen MR) is 219 cm³/mol. The van der Waals surface area contributed by atoms with Crippen LogP contribution in [0.5, 0.6) is 11.5 Å². The Balaban J connectivity index is 0.780. The number of alkyl halides is 2. The number of piperazine rings is 1. The Labute approximate surface area is 343 Å². The summed E-state index contributed by atoms with van der Waals surface area (Å²) in [6.45, 7) is 8.28. The Morgan fingerprint density at radius 1 is 1.00 bits per heavy atom. The molecule has 0 unspecified atom stereocenters. The lowest BCUT2D eigenvalue weighted by molar-refractivity contribution is -0.136. The molecule has 3 aromatic rings. The van der Waals surface area contributed by atoms with Crippen molar-refractivity contribution >= 4 is 35.2 Å². The first-order valence-electron chi connectivity index (χ1n) is 21.4. The van der Waals surface area contributed by atoms with Crippen molar-refractivity contribution in [2.75, 3.05) is 69.3 Å². The number of H-pyrrole nitrogens is 1. The molecule has 0 radical (unpaired) electrons. The number of anilines is 2. The number of nitrogens with one attached hydrogen (secondary N) is 2. The zero-order valence-corrected chi connectivity index (χ0v) is 33.9. The van der Waals surface area contributed by atoms with Crippen molar-refractivity contribution < 1.29 is 32.6 Å². The van der Waals surface area contributed by atoms with E-state index < -0.39 is 18.4 Å². The number of allylic oxidation sites excluding steroid dienone is 1. The minimum Gasteiger partial charge on any atom is -0.496 e. The first-order chi connectivity index (χ1) is 28.6. The van der Waals surface area contributed by atoms with Crippen LogP contribution in [0, 0.1) is 5.92 Å². The van der Waals surface area contributed by atoms with Crippen molar-refractivity contribution in [3.8, 4) is 11.5 Å². The highest BCUT2D eigenvalue weighted by molar-refractivity contribution is 6.06. The van der Waals surface area contributed by atoms with Gasteiger partial charge in [0.25, 0.3) is 12.3 Å². The Morgan fingerprint density at radius 2 is 1.85 bits per heavy atom. The summed E-state index contributed by atoms with van der Waals surface area (Å²) in [4.78, 5) is 52.4. The second-order valence-electron chi connectivity index (χ2n) is 17.5. The van der Waals surface area contributed by atoms with Gasteiger partial charge in [0.05, 0.1) is 31.4 Å². The van der Waals surface area contributed by atoms with E-state index in [1.807, 2.05) is 11.0 Å². The van der Waals surface area contributed by atoms with Crippen LogP contribution in [0.1, 0.15) is 89.1 Å². The molecular formula is C45H53F2N7O5. The highest BCUT2D eigenvalue weighted by Gasteiger charge is 2.43. The van der Waals surface area contributed by atoms with E-state index in [-0.39, 0.29) is 42.9 Å². The first kappa shape index (κ1) is 38.3. The van der Waals surface area contributed by atoms with Gasteiger partial charge >= 0.3 is 0 Å². The second kappa shape index (κ2) is 15.3. The van der Waals surface area contributed by atoms with Crippen molar-refractivity contribution in [3.63, 3.8) is 0 Å². The number of halogens is 2. The number of benzene rings is 2. The quantitative estimate of drug-likeness (QED) is 0.299. The van der Waals surface area contributed by atoms with E-state index in [9.17, 15) is 23.2 Å². The average molecular weight is 810 g/mol. The number of hydrogen-bond acceptors (Lipinski definition) is 9. The molecule has 7 heterocycles. The fourth-order valence-electron chi connectivity index (χ4n) is 11.0. The number of carbonyl (C=O) groups is 3. The van der Waals surface area contributed by atoms with E-state index in [4.69, 9.17) is 9.47 Å². The molecule has 2 aromatic carbocycles. The normalized spacial score (nSPS) is 26.0. The molecule has 10 rings (SSSR count). The molecule has 3 fully saturated rings. The third kappa shape index (κ3) is 6.85. The van der Waals surface area contributed by atoms with Crippen LogP contribution >= 0.6 is 0 Å². The molecule has 12 nitrogen and oxygen atoms in total.